The molecule has 2 fully saturated rings. The van der Waals surface area contributed by atoms with Crippen LogP contribution in [-0.4, -0.2) is 0 Å². The molecule has 0 N–H and O–H groups in total. The third-order valence-corrected chi connectivity index (χ3v) is 8.41. The van der Waals surface area contributed by atoms with Crippen molar-refractivity contribution in [3.63, 3.8) is 0 Å². The summed E-state index contributed by atoms with van der Waals surface area (Å²) in [7, 11) is 0. The lowest BCUT2D eigenvalue weighted by Crippen LogP contribution is -2.30. The molecule has 1 unspecified atom stereocenters. The molecule has 0 amide bonds. The summed E-state index contributed by atoms with van der Waals surface area (Å²) < 4.78 is 50.8. The lowest BCUT2D eigenvalue weighted by molar-refractivity contribution is 0.114. The third-order valence-electron chi connectivity index (χ3n) is 8.41. The second-order valence-electron chi connectivity index (χ2n) is 10.8. The smallest absolute Gasteiger partial charge is 0.165 e. The molecule has 0 radical (unpaired) electrons. The van der Waals surface area contributed by atoms with Crippen LogP contribution in [0.1, 0.15) is 75.3 Å². The summed E-state index contributed by atoms with van der Waals surface area (Å²) in [5.74, 6) is 0.655. The first-order chi connectivity index (χ1) is 17.5. The van der Waals surface area contributed by atoms with Gasteiger partial charge in [-0.25, -0.2) is 13.2 Å². The van der Waals surface area contributed by atoms with Crippen molar-refractivity contribution in [1.82, 2.24) is 0 Å². The van der Waals surface area contributed by atoms with Gasteiger partial charge in [-0.3, -0.25) is 0 Å². The van der Waals surface area contributed by atoms with Crippen LogP contribution < -0.4 is 4.74 Å². The van der Waals surface area contributed by atoms with E-state index in [-0.39, 0.29) is 29.4 Å². The predicted molar refractivity (Wildman–Crippen MR) is 138 cm³/mol. The van der Waals surface area contributed by atoms with Crippen LogP contribution in [0.4, 0.5) is 13.2 Å². The van der Waals surface area contributed by atoms with Crippen LogP contribution in [0.2, 0.25) is 0 Å². The molecule has 2 aliphatic carbocycles. The monoisotopic (exact) mass is 492 g/mol. The van der Waals surface area contributed by atoms with Crippen LogP contribution in [0, 0.1) is 35.2 Å². The van der Waals surface area contributed by atoms with Crippen LogP contribution in [0.15, 0.2) is 60.7 Å². The van der Waals surface area contributed by atoms with Crippen LogP contribution in [-0.2, 0) is 6.61 Å². The van der Waals surface area contributed by atoms with E-state index in [1.54, 1.807) is 0 Å². The molecule has 0 heterocycles. The van der Waals surface area contributed by atoms with Crippen molar-refractivity contribution in [2.75, 3.05) is 0 Å². The minimum Gasteiger partial charge on any atom is -0.486 e. The predicted octanol–water partition coefficient (Wildman–Crippen LogP) is 9.45. The van der Waals surface area contributed by atoms with Gasteiger partial charge in [-0.15, -0.1) is 0 Å². The van der Waals surface area contributed by atoms with E-state index in [0.29, 0.717) is 5.92 Å². The lowest BCUT2D eigenvalue weighted by Gasteiger charge is -2.42. The quantitative estimate of drug-likeness (QED) is 0.319. The highest BCUT2D eigenvalue weighted by Crippen LogP contribution is 2.48. The van der Waals surface area contributed by atoms with E-state index in [1.807, 2.05) is 30.3 Å². The van der Waals surface area contributed by atoms with E-state index in [0.717, 1.165) is 48.3 Å². The SMILES string of the molecule is CCCC1CC[C@@H]2C[C@H](c3cc(F)c(-c4ccc(OCc5ccccc5)c(F)c4)c(F)c3)CC[C@@H]2C1. The van der Waals surface area contributed by atoms with Crippen molar-refractivity contribution < 1.29 is 17.9 Å². The molecular formula is C32H35F3O. The van der Waals surface area contributed by atoms with E-state index in [1.165, 1.54) is 56.4 Å². The molecule has 0 bridgehead atoms. The Morgan fingerprint density at radius 2 is 1.50 bits per heavy atom. The van der Waals surface area contributed by atoms with Gasteiger partial charge >= 0.3 is 0 Å². The topological polar surface area (TPSA) is 9.23 Å². The van der Waals surface area contributed by atoms with Crippen molar-refractivity contribution in [1.29, 1.82) is 0 Å². The summed E-state index contributed by atoms with van der Waals surface area (Å²) in [4.78, 5) is 0. The molecule has 3 aromatic carbocycles. The summed E-state index contributed by atoms with van der Waals surface area (Å²) in [5, 5.41) is 0. The lowest BCUT2D eigenvalue weighted by atomic mass is 9.63. The fraction of sp³-hybridized carbons (Fsp3) is 0.438. The Balaban J connectivity index is 1.28. The molecule has 0 aromatic heterocycles. The van der Waals surface area contributed by atoms with Gasteiger partial charge in [-0.1, -0.05) is 62.6 Å². The molecule has 4 heteroatoms. The highest BCUT2D eigenvalue weighted by molar-refractivity contribution is 5.66. The number of hydrogen-bond donors (Lipinski definition) is 0. The Morgan fingerprint density at radius 1 is 0.778 bits per heavy atom. The fourth-order valence-corrected chi connectivity index (χ4v) is 6.57. The highest BCUT2D eigenvalue weighted by atomic mass is 19.1. The molecule has 5 rings (SSSR count). The number of ether oxygens (including phenoxy) is 1. The fourth-order valence-electron chi connectivity index (χ4n) is 6.57. The minimum atomic E-state index is -0.636. The van der Waals surface area contributed by atoms with Crippen molar-refractivity contribution in [3.8, 4) is 16.9 Å². The van der Waals surface area contributed by atoms with Gasteiger partial charge in [0.2, 0.25) is 0 Å². The largest absolute Gasteiger partial charge is 0.486 e. The molecule has 1 nitrogen and oxygen atoms in total. The summed E-state index contributed by atoms with van der Waals surface area (Å²) >= 11 is 0. The van der Waals surface area contributed by atoms with Gasteiger partial charge in [0.1, 0.15) is 18.2 Å². The number of benzene rings is 3. The van der Waals surface area contributed by atoms with Crippen LogP contribution in [0.5, 0.6) is 5.75 Å². The number of hydrogen-bond acceptors (Lipinski definition) is 1. The van der Waals surface area contributed by atoms with E-state index in [9.17, 15) is 4.39 Å². The standard InChI is InChI=1S/C32H35F3O/c1-2-6-21-9-10-24-16-25(12-11-23(24)15-21)27-18-29(34)32(30(35)19-27)26-13-14-31(28(33)17-26)36-20-22-7-4-3-5-8-22/h3-5,7-8,13-14,17-19,21,23-25H,2,6,9-12,15-16,20H2,1H3/t21?,23-,24-,25-/m1/s1. The third kappa shape index (κ3) is 5.48. The minimum absolute atomic E-state index is 0.0606. The van der Waals surface area contributed by atoms with Gasteiger partial charge < -0.3 is 4.74 Å². The van der Waals surface area contributed by atoms with E-state index in [2.05, 4.69) is 6.92 Å². The van der Waals surface area contributed by atoms with E-state index >= 15 is 8.78 Å². The summed E-state index contributed by atoms with van der Waals surface area (Å²) in [6, 6.07) is 16.5. The number of rotatable bonds is 7. The maximum atomic E-state index is 15.2. The first-order valence-electron chi connectivity index (χ1n) is 13.5. The molecule has 4 atom stereocenters. The zero-order valence-electron chi connectivity index (χ0n) is 21.0. The first kappa shape index (κ1) is 24.9. The van der Waals surface area contributed by atoms with Gasteiger partial charge in [-0.2, -0.15) is 0 Å². The normalized spacial score (nSPS) is 23.8. The van der Waals surface area contributed by atoms with Crippen molar-refractivity contribution in [2.24, 2.45) is 17.8 Å². The number of halogens is 3. The Morgan fingerprint density at radius 3 is 2.22 bits per heavy atom. The zero-order valence-corrected chi connectivity index (χ0v) is 21.0. The molecule has 36 heavy (non-hydrogen) atoms. The average Bonchev–Trinajstić information content (AvgIpc) is 2.88. The zero-order chi connectivity index (χ0) is 25.1. The Labute approximate surface area is 212 Å². The molecule has 2 aliphatic rings. The van der Waals surface area contributed by atoms with Crippen molar-refractivity contribution in [3.05, 3.63) is 89.2 Å². The molecule has 0 aliphatic heterocycles. The first-order valence-corrected chi connectivity index (χ1v) is 13.5. The maximum absolute atomic E-state index is 15.2. The molecule has 190 valence electrons. The Hall–Kier alpha value is -2.75. The van der Waals surface area contributed by atoms with Gasteiger partial charge in [0, 0.05) is 0 Å². The summed E-state index contributed by atoms with van der Waals surface area (Å²) in [6.07, 6.45) is 9.59. The molecule has 3 aromatic rings. The molecule has 0 saturated heterocycles. The summed E-state index contributed by atoms with van der Waals surface area (Å²) in [5.41, 5.74) is 1.66. The van der Waals surface area contributed by atoms with Gasteiger partial charge in [0.15, 0.2) is 11.6 Å². The highest BCUT2D eigenvalue weighted by Gasteiger charge is 2.36. The van der Waals surface area contributed by atoms with Crippen LogP contribution in [0.3, 0.4) is 0 Å². The maximum Gasteiger partial charge on any atom is 0.165 e. The molecule has 2 saturated carbocycles. The van der Waals surface area contributed by atoms with E-state index in [4.69, 9.17) is 4.74 Å². The molecule has 0 spiro atoms. The Bertz CT molecular complexity index is 1150. The second-order valence-corrected chi connectivity index (χ2v) is 10.8. The van der Waals surface area contributed by atoms with Crippen molar-refractivity contribution >= 4 is 0 Å². The van der Waals surface area contributed by atoms with Gasteiger partial charge in [-0.05, 0) is 96.7 Å². The van der Waals surface area contributed by atoms with Gasteiger partial charge in [0.25, 0.3) is 0 Å². The van der Waals surface area contributed by atoms with E-state index < -0.39 is 17.5 Å². The molecular weight excluding hydrogens is 457 g/mol. The van der Waals surface area contributed by atoms with Crippen LogP contribution >= 0.6 is 0 Å². The van der Waals surface area contributed by atoms with Gasteiger partial charge in [0.05, 0.1) is 5.56 Å². The number of fused-ring (bicyclic) bond motifs is 1. The second kappa shape index (κ2) is 11.1. The van der Waals surface area contributed by atoms with Crippen LogP contribution in [0.25, 0.3) is 11.1 Å². The average molecular weight is 493 g/mol. The Kier molecular flexibility index (Phi) is 7.69. The van der Waals surface area contributed by atoms with Crippen molar-refractivity contribution in [2.45, 2.75) is 70.8 Å². The summed E-state index contributed by atoms with van der Waals surface area (Å²) in [6.45, 7) is 2.48.